The number of hydrogen-bond acceptors (Lipinski definition) is 5. The Labute approximate surface area is 148 Å². The second-order valence-corrected chi connectivity index (χ2v) is 6.74. The minimum atomic E-state index is -0.0666. The Hall–Kier alpha value is -2.50. The molecule has 1 aliphatic heterocycles. The van der Waals surface area contributed by atoms with Crippen LogP contribution in [0.3, 0.4) is 0 Å². The number of hydrogen-bond donors (Lipinski definition) is 0. The van der Waals surface area contributed by atoms with Crippen molar-refractivity contribution in [3.05, 3.63) is 48.0 Å². The molecule has 132 valence electrons. The molecule has 0 spiro atoms. The molecule has 2 aromatic heterocycles. The summed E-state index contributed by atoms with van der Waals surface area (Å²) in [7, 11) is 1.81. The molecule has 25 heavy (non-hydrogen) atoms. The normalized spacial score (nSPS) is 15.2. The van der Waals surface area contributed by atoms with Gasteiger partial charge in [-0.2, -0.15) is 0 Å². The van der Waals surface area contributed by atoms with E-state index in [0.29, 0.717) is 18.2 Å². The van der Waals surface area contributed by atoms with Crippen LogP contribution >= 0.6 is 0 Å². The van der Waals surface area contributed by atoms with Crippen molar-refractivity contribution in [2.24, 2.45) is 5.92 Å². The maximum Gasteiger partial charge on any atom is 0.272 e. The van der Waals surface area contributed by atoms with Gasteiger partial charge in [-0.15, -0.1) is 0 Å². The number of rotatable bonds is 5. The molecule has 1 amide bonds. The highest BCUT2D eigenvalue weighted by Crippen LogP contribution is 2.20. The maximum atomic E-state index is 12.7. The SMILES string of the molecule is CC1CCN(c2nccc(C(=O)N(C)CCc3ccncc3)n2)CC1. The van der Waals surface area contributed by atoms with Gasteiger partial charge in [0.25, 0.3) is 5.91 Å². The predicted octanol–water partition coefficient (Wildman–Crippen LogP) is 2.42. The molecule has 0 N–H and O–H groups in total. The molecule has 3 heterocycles. The second kappa shape index (κ2) is 8.05. The van der Waals surface area contributed by atoms with Gasteiger partial charge in [0.15, 0.2) is 0 Å². The van der Waals surface area contributed by atoms with E-state index in [1.54, 1.807) is 29.6 Å². The lowest BCUT2D eigenvalue weighted by atomic mass is 10.00. The van der Waals surface area contributed by atoms with Crippen LogP contribution < -0.4 is 4.90 Å². The van der Waals surface area contributed by atoms with Crippen LogP contribution in [-0.4, -0.2) is 52.4 Å². The summed E-state index contributed by atoms with van der Waals surface area (Å²) < 4.78 is 0. The molecular weight excluding hydrogens is 314 g/mol. The first-order chi connectivity index (χ1) is 12.1. The van der Waals surface area contributed by atoms with E-state index in [1.807, 2.05) is 19.2 Å². The molecule has 6 nitrogen and oxygen atoms in total. The largest absolute Gasteiger partial charge is 0.341 e. The van der Waals surface area contributed by atoms with Crippen LogP contribution in [0.5, 0.6) is 0 Å². The number of amides is 1. The number of anilines is 1. The van der Waals surface area contributed by atoms with Gasteiger partial charge in [-0.25, -0.2) is 9.97 Å². The van der Waals surface area contributed by atoms with E-state index in [2.05, 4.69) is 26.8 Å². The highest BCUT2D eigenvalue weighted by molar-refractivity contribution is 5.92. The van der Waals surface area contributed by atoms with Crippen molar-refractivity contribution in [1.82, 2.24) is 19.9 Å². The fourth-order valence-corrected chi connectivity index (χ4v) is 2.97. The molecule has 3 rings (SSSR count). The smallest absolute Gasteiger partial charge is 0.272 e. The number of carbonyl (C=O) groups excluding carboxylic acids is 1. The summed E-state index contributed by atoms with van der Waals surface area (Å²) in [5.74, 6) is 1.35. The molecule has 0 bridgehead atoms. The Balaban J connectivity index is 1.62. The molecule has 0 aliphatic carbocycles. The van der Waals surface area contributed by atoms with Gasteiger partial charge in [0.1, 0.15) is 5.69 Å². The predicted molar refractivity (Wildman–Crippen MR) is 97.5 cm³/mol. The second-order valence-electron chi connectivity index (χ2n) is 6.74. The van der Waals surface area contributed by atoms with Crippen molar-refractivity contribution in [2.45, 2.75) is 26.2 Å². The molecule has 1 aliphatic rings. The van der Waals surface area contributed by atoms with E-state index in [1.165, 1.54) is 5.56 Å². The molecule has 1 saturated heterocycles. The third-order valence-corrected chi connectivity index (χ3v) is 4.76. The first-order valence-corrected chi connectivity index (χ1v) is 8.86. The summed E-state index contributed by atoms with van der Waals surface area (Å²) in [4.78, 5) is 29.4. The summed E-state index contributed by atoms with van der Waals surface area (Å²) in [6.45, 7) is 4.83. The Morgan fingerprint density at radius 1 is 1.20 bits per heavy atom. The lowest BCUT2D eigenvalue weighted by Crippen LogP contribution is -2.35. The fourth-order valence-electron chi connectivity index (χ4n) is 2.97. The Bertz CT molecular complexity index is 698. The average molecular weight is 339 g/mol. The van der Waals surface area contributed by atoms with Crippen LogP contribution in [0.4, 0.5) is 5.95 Å². The van der Waals surface area contributed by atoms with Gasteiger partial charge in [0, 0.05) is 45.3 Å². The van der Waals surface area contributed by atoms with Crippen molar-refractivity contribution in [3.8, 4) is 0 Å². The number of piperidine rings is 1. The quantitative estimate of drug-likeness (QED) is 0.837. The minimum absolute atomic E-state index is 0.0666. The van der Waals surface area contributed by atoms with Gasteiger partial charge in [-0.3, -0.25) is 9.78 Å². The number of nitrogens with zero attached hydrogens (tertiary/aromatic N) is 5. The van der Waals surface area contributed by atoms with E-state index in [4.69, 9.17) is 0 Å². The molecule has 0 saturated carbocycles. The van der Waals surface area contributed by atoms with Crippen LogP contribution in [0, 0.1) is 5.92 Å². The van der Waals surface area contributed by atoms with E-state index in [0.717, 1.165) is 38.3 Å². The third kappa shape index (κ3) is 4.53. The van der Waals surface area contributed by atoms with Crippen molar-refractivity contribution >= 4 is 11.9 Å². The average Bonchev–Trinajstić information content (AvgIpc) is 2.67. The van der Waals surface area contributed by atoms with Crippen molar-refractivity contribution in [3.63, 3.8) is 0 Å². The highest BCUT2D eigenvalue weighted by Gasteiger charge is 2.20. The van der Waals surface area contributed by atoms with Gasteiger partial charge in [0.2, 0.25) is 5.95 Å². The summed E-state index contributed by atoms with van der Waals surface area (Å²) in [5, 5.41) is 0. The number of aromatic nitrogens is 3. The van der Waals surface area contributed by atoms with Gasteiger partial charge < -0.3 is 9.80 Å². The van der Waals surface area contributed by atoms with Crippen molar-refractivity contribution in [1.29, 1.82) is 0 Å². The van der Waals surface area contributed by atoms with Crippen LogP contribution in [0.15, 0.2) is 36.8 Å². The summed E-state index contributed by atoms with van der Waals surface area (Å²) in [5.41, 5.74) is 1.63. The monoisotopic (exact) mass is 339 g/mol. The van der Waals surface area contributed by atoms with E-state index in [-0.39, 0.29) is 5.91 Å². The molecular formula is C19H25N5O. The molecule has 0 radical (unpaired) electrons. The van der Waals surface area contributed by atoms with E-state index in [9.17, 15) is 4.79 Å². The summed E-state index contributed by atoms with van der Waals surface area (Å²) >= 11 is 0. The van der Waals surface area contributed by atoms with Gasteiger partial charge in [-0.05, 0) is 48.9 Å². The van der Waals surface area contributed by atoms with Crippen LogP contribution in [-0.2, 0) is 6.42 Å². The molecule has 0 aromatic carbocycles. The minimum Gasteiger partial charge on any atom is -0.341 e. The number of pyridine rings is 1. The third-order valence-electron chi connectivity index (χ3n) is 4.76. The first kappa shape index (κ1) is 17.3. The van der Waals surface area contributed by atoms with Crippen LogP contribution in [0.1, 0.15) is 35.8 Å². The Morgan fingerprint density at radius 3 is 2.64 bits per heavy atom. The van der Waals surface area contributed by atoms with Gasteiger partial charge in [0.05, 0.1) is 0 Å². The van der Waals surface area contributed by atoms with Gasteiger partial charge in [-0.1, -0.05) is 6.92 Å². The highest BCUT2D eigenvalue weighted by atomic mass is 16.2. The summed E-state index contributed by atoms with van der Waals surface area (Å²) in [6, 6.07) is 5.64. The van der Waals surface area contributed by atoms with E-state index >= 15 is 0 Å². The topological polar surface area (TPSA) is 62.2 Å². The number of likely N-dealkylation sites (N-methyl/N-ethyl adjacent to an activating group) is 1. The zero-order valence-corrected chi connectivity index (χ0v) is 14.9. The van der Waals surface area contributed by atoms with Crippen molar-refractivity contribution in [2.75, 3.05) is 31.6 Å². The zero-order valence-electron chi connectivity index (χ0n) is 14.9. The van der Waals surface area contributed by atoms with Crippen LogP contribution in [0.2, 0.25) is 0 Å². The van der Waals surface area contributed by atoms with Crippen LogP contribution in [0.25, 0.3) is 0 Å². The zero-order chi connectivity index (χ0) is 17.6. The molecule has 0 unspecified atom stereocenters. The standard InChI is InChI=1S/C19H25N5O/c1-15-6-13-24(14-7-15)19-21-11-5-17(22-19)18(25)23(2)12-8-16-3-9-20-10-4-16/h3-5,9-11,15H,6-8,12-14H2,1-2H3. The summed E-state index contributed by atoms with van der Waals surface area (Å²) in [6.07, 6.45) is 8.32. The fraction of sp³-hybridized carbons (Fsp3) is 0.474. The van der Waals surface area contributed by atoms with Crippen molar-refractivity contribution < 1.29 is 4.79 Å². The van der Waals surface area contributed by atoms with E-state index < -0.39 is 0 Å². The van der Waals surface area contributed by atoms with Gasteiger partial charge >= 0.3 is 0 Å². The Morgan fingerprint density at radius 2 is 1.92 bits per heavy atom. The lowest BCUT2D eigenvalue weighted by molar-refractivity contribution is 0.0790. The molecule has 0 atom stereocenters. The first-order valence-electron chi connectivity index (χ1n) is 8.86. The molecule has 1 fully saturated rings. The molecule has 2 aromatic rings. The molecule has 6 heteroatoms. The Kier molecular flexibility index (Phi) is 5.58. The lowest BCUT2D eigenvalue weighted by Gasteiger charge is -2.30. The maximum absolute atomic E-state index is 12.7. The number of carbonyl (C=O) groups is 1.